The Kier molecular flexibility index (Phi) is 3.22. The lowest BCUT2D eigenvalue weighted by molar-refractivity contribution is -0.384. The first-order valence-electron chi connectivity index (χ1n) is 5.26. The SMILES string of the molecule is N#CCNc1cc(C#N)c2cc([N+](=O)[O-])ccc2n1. The summed E-state index contributed by atoms with van der Waals surface area (Å²) in [6.07, 6.45) is 0. The second-order valence-electron chi connectivity index (χ2n) is 3.64. The highest BCUT2D eigenvalue weighted by Gasteiger charge is 2.11. The molecule has 92 valence electrons. The number of hydrogen-bond donors (Lipinski definition) is 1. The molecule has 0 aliphatic heterocycles. The largest absolute Gasteiger partial charge is 0.357 e. The Morgan fingerprint density at radius 3 is 2.79 bits per heavy atom. The molecule has 1 aromatic heterocycles. The maximum absolute atomic E-state index is 10.7. The molecular weight excluding hydrogens is 246 g/mol. The molecule has 2 rings (SSSR count). The van der Waals surface area contributed by atoms with Gasteiger partial charge in [-0.15, -0.1) is 0 Å². The molecule has 0 amide bonds. The average Bonchev–Trinajstić information content (AvgIpc) is 2.43. The Morgan fingerprint density at radius 1 is 1.37 bits per heavy atom. The molecule has 0 saturated carbocycles. The van der Waals surface area contributed by atoms with Crippen LogP contribution in [0.25, 0.3) is 10.9 Å². The van der Waals surface area contributed by atoms with Crippen LogP contribution in [-0.4, -0.2) is 16.5 Å². The monoisotopic (exact) mass is 253 g/mol. The fourth-order valence-electron chi connectivity index (χ4n) is 1.64. The van der Waals surface area contributed by atoms with E-state index < -0.39 is 4.92 Å². The summed E-state index contributed by atoms with van der Waals surface area (Å²) in [4.78, 5) is 14.4. The Balaban J connectivity index is 2.61. The van der Waals surface area contributed by atoms with Crippen LogP contribution in [0.4, 0.5) is 11.5 Å². The number of nitrogens with zero attached hydrogens (tertiary/aromatic N) is 4. The highest BCUT2D eigenvalue weighted by atomic mass is 16.6. The van der Waals surface area contributed by atoms with Crippen molar-refractivity contribution in [3.63, 3.8) is 0 Å². The summed E-state index contributed by atoms with van der Waals surface area (Å²) in [7, 11) is 0. The molecule has 1 N–H and O–H groups in total. The van der Waals surface area contributed by atoms with Crippen LogP contribution in [0, 0.1) is 32.8 Å². The van der Waals surface area contributed by atoms with Gasteiger partial charge in [-0.3, -0.25) is 10.1 Å². The third kappa shape index (κ3) is 2.40. The predicted molar refractivity (Wildman–Crippen MR) is 67.2 cm³/mol. The number of nitriles is 2. The van der Waals surface area contributed by atoms with Crippen molar-refractivity contribution in [2.75, 3.05) is 11.9 Å². The molecule has 0 radical (unpaired) electrons. The lowest BCUT2D eigenvalue weighted by Gasteiger charge is -2.05. The summed E-state index contributed by atoms with van der Waals surface area (Å²) in [6, 6.07) is 9.45. The van der Waals surface area contributed by atoms with Gasteiger partial charge in [0.1, 0.15) is 12.4 Å². The average molecular weight is 253 g/mol. The van der Waals surface area contributed by atoms with Gasteiger partial charge in [0, 0.05) is 17.5 Å². The summed E-state index contributed by atoms with van der Waals surface area (Å²) >= 11 is 0. The van der Waals surface area contributed by atoms with Gasteiger partial charge in [-0.1, -0.05) is 0 Å². The van der Waals surface area contributed by atoms with Crippen LogP contribution in [-0.2, 0) is 0 Å². The van der Waals surface area contributed by atoms with Crippen molar-refractivity contribution in [3.05, 3.63) is 39.9 Å². The zero-order chi connectivity index (χ0) is 13.8. The van der Waals surface area contributed by atoms with E-state index in [0.29, 0.717) is 16.7 Å². The summed E-state index contributed by atoms with van der Waals surface area (Å²) in [5.41, 5.74) is 0.641. The molecular formula is C12H7N5O2. The van der Waals surface area contributed by atoms with E-state index in [0.717, 1.165) is 0 Å². The third-order valence-electron chi connectivity index (χ3n) is 2.47. The second-order valence-corrected chi connectivity index (χ2v) is 3.64. The maximum Gasteiger partial charge on any atom is 0.270 e. The van der Waals surface area contributed by atoms with Crippen molar-refractivity contribution in [1.29, 1.82) is 10.5 Å². The topological polar surface area (TPSA) is 116 Å². The number of nitro groups is 1. The van der Waals surface area contributed by atoms with E-state index in [1.165, 1.54) is 24.3 Å². The Labute approximate surface area is 107 Å². The number of nitro benzene ring substituents is 1. The van der Waals surface area contributed by atoms with Gasteiger partial charge in [0.15, 0.2) is 0 Å². The molecule has 7 heteroatoms. The fourth-order valence-corrected chi connectivity index (χ4v) is 1.64. The first kappa shape index (κ1) is 12.3. The number of nitrogens with one attached hydrogen (secondary N) is 1. The number of non-ortho nitro benzene ring substituents is 1. The zero-order valence-electron chi connectivity index (χ0n) is 9.62. The van der Waals surface area contributed by atoms with Crippen molar-refractivity contribution in [2.45, 2.75) is 0 Å². The second kappa shape index (κ2) is 4.98. The number of fused-ring (bicyclic) bond motifs is 1. The normalized spacial score (nSPS) is 9.58. The molecule has 7 nitrogen and oxygen atoms in total. The molecule has 19 heavy (non-hydrogen) atoms. The van der Waals surface area contributed by atoms with Gasteiger partial charge in [0.25, 0.3) is 5.69 Å². The summed E-state index contributed by atoms with van der Waals surface area (Å²) in [5, 5.41) is 31.4. The Bertz CT molecular complexity index is 742. The first-order valence-corrected chi connectivity index (χ1v) is 5.26. The van der Waals surface area contributed by atoms with Gasteiger partial charge >= 0.3 is 0 Å². The number of aromatic nitrogens is 1. The lowest BCUT2D eigenvalue weighted by atomic mass is 10.1. The molecule has 0 bridgehead atoms. The van der Waals surface area contributed by atoms with Gasteiger partial charge in [-0.2, -0.15) is 10.5 Å². The highest BCUT2D eigenvalue weighted by Crippen LogP contribution is 2.24. The van der Waals surface area contributed by atoms with Crippen molar-refractivity contribution in [2.24, 2.45) is 0 Å². The number of benzene rings is 1. The van der Waals surface area contributed by atoms with E-state index in [1.807, 2.05) is 12.1 Å². The van der Waals surface area contributed by atoms with Crippen LogP contribution in [0.3, 0.4) is 0 Å². The summed E-state index contributed by atoms with van der Waals surface area (Å²) in [5.74, 6) is 0.388. The van der Waals surface area contributed by atoms with E-state index in [-0.39, 0.29) is 17.8 Å². The lowest BCUT2D eigenvalue weighted by Crippen LogP contribution is -2.01. The van der Waals surface area contributed by atoms with Gasteiger partial charge in [0.05, 0.1) is 28.1 Å². The van der Waals surface area contributed by atoms with Crippen molar-refractivity contribution in [1.82, 2.24) is 4.98 Å². The Morgan fingerprint density at radius 2 is 2.16 bits per heavy atom. The Hall–Kier alpha value is -3.19. The van der Waals surface area contributed by atoms with Crippen LogP contribution in [0.5, 0.6) is 0 Å². The van der Waals surface area contributed by atoms with Crippen molar-refractivity contribution >= 4 is 22.4 Å². The number of pyridine rings is 1. The molecule has 0 atom stereocenters. The molecule has 0 spiro atoms. The number of rotatable bonds is 3. The van der Waals surface area contributed by atoms with E-state index in [4.69, 9.17) is 10.5 Å². The minimum atomic E-state index is -0.525. The molecule has 0 unspecified atom stereocenters. The summed E-state index contributed by atoms with van der Waals surface area (Å²) in [6.45, 7) is 0.0658. The van der Waals surface area contributed by atoms with Crippen molar-refractivity contribution < 1.29 is 4.92 Å². The standard InChI is InChI=1S/C12H7N5O2/c13-3-4-15-12-5-8(7-14)10-6-9(17(18)19)1-2-11(10)16-12/h1-2,5-6H,4H2,(H,15,16). The molecule has 2 aromatic rings. The molecule has 0 saturated heterocycles. The maximum atomic E-state index is 10.7. The quantitative estimate of drug-likeness (QED) is 0.507. The highest BCUT2D eigenvalue weighted by molar-refractivity contribution is 5.88. The number of anilines is 1. The smallest absolute Gasteiger partial charge is 0.270 e. The van der Waals surface area contributed by atoms with E-state index >= 15 is 0 Å². The molecule has 0 aliphatic rings. The van der Waals surface area contributed by atoms with E-state index in [2.05, 4.69) is 10.3 Å². The molecule has 1 heterocycles. The van der Waals surface area contributed by atoms with Gasteiger partial charge in [-0.05, 0) is 12.1 Å². The van der Waals surface area contributed by atoms with Crippen molar-refractivity contribution in [3.8, 4) is 12.1 Å². The fraction of sp³-hybridized carbons (Fsp3) is 0.0833. The minimum Gasteiger partial charge on any atom is -0.357 e. The first-order chi connectivity index (χ1) is 9.15. The summed E-state index contributed by atoms with van der Waals surface area (Å²) < 4.78 is 0. The predicted octanol–water partition coefficient (Wildman–Crippen LogP) is 1.95. The van der Waals surface area contributed by atoms with E-state index in [1.54, 1.807) is 0 Å². The number of hydrogen-bond acceptors (Lipinski definition) is 6. The molecule has 0 aliphatic carbocycles. The third-order valence-corrected chi connectivity index (χ3v) is 2.47. The molecule has 0 fully saturated rings. The van der Waals surface area contributed by atoms with Crippen LogP contribution in [0.2, 0.25) is 0 Å². The van der Waals surface area contributed by atoms with E-state index in [9.17, 15) is 10.1 Å². The van der Waals surface area contributed by atoms with Gasteiger partial charge in [-0.25, -0.2) is 4.98 Å². The van der Waals surface area contributed by atoms with Crippen LogP contribution >= 0.6 is 0 Å². The van der Waals surface area contributed by atoms with Gasteiger partial charge < -0.3 is 5.32 Å². The minimum absolute atomic E-state index is 0.0658. The van der Waals surface area contributed by atoms with Crippen LogP contribution in [0.15, 0.2) is 24.3 Å². The van der Waals surface area contributed by atoms with Crippen LogP contribution in [0.1, 0.15) is 5.56 Å². The van der Waals surface area contributed by atoms with Gasteiger partial charge in [0.2, 0.25) is 0 Å². The zero-order valence-corrected chi connectivity index (χ0v) is 9.62. The molecule has 1 aromatic carbocycles. The van der Waals surface area contributed by atoms with Crippen LogP contribution < -0.4 is 5.32 Å².